The summed E-state index contributed by atoms with van der Waals surface area (Å²) in [6.07, 6.45) is 2.26. The zero-order valence-electron chi connectivity index (χ0n) is 24.6. The zero-order chi connectivity index (χ0) is 31.6. The second-order valence-corrected chi connectivity index (χ2v) is 11.2. The third-order valence-corrected chi connectivity index (χ3v) is 8.65. The summed E-state index contributed by atoms with van der Waals surface area (Å²) >= 11 is 0. The van der Waals surface area contributed by atoms with Crippen molar-refractivity contribution in [1.29, 1.82) is 0 Å². The Bertz CT molecular complexity index is 1870. The summed E-state index contributed by atoms with van der Waals surface area (Å²) in [5.41, 5.74) is -3.46. The highest BCUT2D eigenvalue weighted by molar-refractivity contribution is 6.31. The number of ketones is 2. The lowest BCUT2D eigenvalue weighted by atomic mass is 9.61. The molecule has 0 radical (unpaired) electrons. The maximum atomic E-state index is 14.2. The zero-order valence-corrected chi connectivity index (χ0v) is 24.6. The van der Waals surface area contributed by atoms with E-state index in [1.54, 1.807) is 44.2 Å². The second-order valence-electron chi connectivity index (χ2n) is 11.2. The lowest BCUT2D eigenvalue weighted by molar-refractivity contribution is -0.152. The number of epoxide rings is 1. The van der Waals surface area contributed by atoms with Gasteiger partial charge >= 0.3 is 17.9 Å². The Labute approximate surface area is 253 Å². The summed E-state index contributed by atoms with van der Waals surface area (Å²) < 4.78 is 23.5. The molecule has 2 unspecified atom stereocenters. The van der Waals surface area contributed by atoms with Gasteiger partial charge in [0.05, 0.1) is 16.8 Å². The predicted molar refractivity (Wildman–Crippen MR) is 155 cm³/mol. The first-order valence-electron chi connectivity index (χ1n) is 13.9. The molecule has 222 valence electrons. The highest BCUT2D eigenvalue weighted by Crippen LogP contribution is 2.71. The lowest BCUT2D eigenvalue weighted by Gasteiger charge is -2.44. The van der Waals surface area contributed by atoms with Crippen molar-refractivity contribution in [2.75, 3.05) is 11.9 Å². The average molecular weight is 594 g/mol. The van der Waals surface area contributed by atoms with Gasteiger partial charge in [-0.15, -0.1) is 0 Å². The molecule has 1 spiro atoms. The fourth-order valence-electron chi connectivity index (χ4n) is 6.66. The minimum atomic E-state index is -1.52. The Balaban J connectivity index is 1.69. The largest absolute Gasteiger partial charge is 0.462 e. The van der Waals surface area contributed by atoms with Crippen molar-refractivity contribution >= 4 is 35.2 Å². The van der Waals surface area contributed by atoms with Crippen LogP contribution in [0.15, 0.2) is 42.5 Å². The van der Waals surface area contributed by atoms with E-state index in [-0.39, 0.29) is 40.3 Å². The molecule has 0 amide bonds. The normalized spacial score (nSPS) is 27.9. The minimum absolute atomic E-state index is 0.0215. The van der Waals surface area contributed by atoms with Crippen LogP contribution < -0.4 is 10.1 Å². The molecule has 2 aromatic rings. The van der Waals surface area contributed by atoms with Crippen LogP contribution in [0.2, 0.25) is 0 Å². The van der Waals surface area contributed by atoms with E-state index in [2.05, 4.69) is 29.0 Å². The van der Waals surface area contributed by atoms with Crippen molar-refractivity contribution in [2.45, 2.75) is 58.0 Å². The van der Waals surface area contributed by atoms with Crippen LogP contribution in [0.1, 0.15) is 72.0 Å². The quantitative estimate of drug-likeness (QED) is 0.203. The van der Waals surface area contributed by atoms with Crippen LogP contribution in [0.3, 0.4) is 0 Å². The van der Waals surface area contributed by atoms with Crippen LogP contribution in [0, 0.1) is 29.1 Å². The van der Waals surface area contributed by atoms with E-state index in [9.17, 15) is 24.0 Å². The summed E-state index contributed by atoms with van der Waals surface area (Å²) in [6, 6.07) is 6.93. The van der Waals surface area contributed by atoms with Crippen LogP contribution in [-0.4, -0.2) is 53.8 Å². The first-order valence-corrected chi connectivity index (χ1v) is 13.9. The van der Waals surface area contributed by atoms with Crippen molar-refractivity contribution in [1.82, 2.24) is 0 Å². The lowest BCUT2D eigenvalue weighted by Crippen LogP contribution is -2.59. The molecule has 0 aromatic heterocycles. The van der Waals surface area contributed by atoms with Crippen LogP contribution in [0.5, 0.6) is 5.75 Å². The van der Waals surface area contributed by atoms with Crippen molar-refractivity contribution < 1.29 is 42.9 Å². The van der Waals surface area contributed by atoms with E-state index in [1.165, 1.54) is 32.9 Å². The topological polar surface area (TPSA) is 138 Å². The molecule has 6 rings (SSSR count). The number of carbonyl (C=O) groups is 5. The molecule has 1 fully saturated rings. The number of ether oxygens (including phenoxy) is 4. The van der Waals surface area contributed by atoms with E-state index in [1.807, 2.05) is 0 Å². The number of anilines is 1. The summed E-state index contributed by atoms with van der Waals surface area (Å²) in [4.78, 5) is 64.7. The van der Waals surface area contributed by atoms with Crippen LogP contribution in [0.25, 0.3) is 0 Å². The standard InChI is InChI=1S/C34H27NO9/c1-18(42-20(3)37)32(5)15-11-7-6-8-14-26-34(32)33(44-34,17-41-19(2)36)24-16-25(43-21(4)38)27-28(29(24)35-26)31(40)23-13-10-9-12-22(23)30(27)39/h6-7,9-10,12-13,16,18,26,35H,17H2,1-5H3/b7-6-/t18?,26-,32-,33-,34?/m0/s1. The van der Waals surface area contributed by atoms with E-state index < -0.39 is 58.2 Å². The van der Waals surface area contributed by atoms with Gasteiger partial charge in [0.1, 0.15) is 29.9 Å². The summed E-state index contributed by atoms with van der Waals surface area (Å²) in [7, 11) is 0. The van der Waals surface area contributed by atoms with Crippen LogP contribution >= 0.6 is 0 Å². The third-order valence-electron chi connectivity index (χ3n) is 8.65. The highest BCUT2D eigenvalue weighted by Gasteiger charge is 2.85. The number of hydrogen-bond acceptors (Lipinski definition) is 10. The van der Waals surface area contributed by atoms with Gasteiger partial charge in [-0.25, -0.2) is 0 Å². The van der Waals surface area contributed by atoms with Gasteiger partial charge < -0.3 is 24.3 Å². The number of esters is 3. The Morgan fingerprint density at radius 1 is 0.977 bits per heavy atom. The molecule has 0 saturated carbocycles. The van der Waals surface area contributed by atoms with Gasteiger partial charge in [-0.1, -0.05) is 47.9 Å². The van der Waals surface area contributed by atoms with Crippen molar-refractivity contribution in [3.8, 4) is 29.4 Å². The van der Waals surface area contributed by atoms with E-state index >= 15 is 0 Å². The molecule has 0 bridgehead atoms. The molecule has 1 N–H and O–H groups in total. The van der Waals surface area contributed by atoms with Crippen LogP contribution in [-0.2, 0) is 34.2 Å². The third kappa shape index (κ3) is 3.91. The number of hydrogen-bond donors (Lipinski definition) is 1. The number of allylic oxidation sites excluding steroid dienone is 2. The SMILES string of the molecule is CC(=O)OC[C@@]12OC13[C@H](C#C/C=C\C#C[C@@]3(C)C(C)OC(C)=O)Nc1c2cc(OC(C)=O)c2c1C(=O)c1ccccc1C2=O. The maximum absolute atomic E-state index is 14.2. The Morgan fingerprint density at radius 2 is 1.64 bits per heavy atom. The molecule has 10 heteroatoms. The first-order chi connectivity index (χ1) is 20.9. The maximum Gasteiger partial charge on any atom is 0.308 e. The number of fused-ring (bicyclic) bond motifs is 5. The van der Waals surface area contributed by atoms with Gasteiger partial charge in [-0.2, -0.15) is 0 Å². The van der Waals surface area contributed by atoms with Crippen molar-refractivity contribution in [3.63, 3.8) is 0 Å². The minimum Gasteiger partial charge on any atom is -0.462 e. The molecule has 2 aliphatic carbocycles. The number of benzene rings is 2. The fraction of sp³-hybridized carbons (Fsp3) is 0.324. The Kier molecular flexibility index (Phi) is 6.53. The molecule has 2 heterocycles. The van der Waals surface area contributed by atoms with Gasteiger partial charge in [0, 0.05) is 37.5 Å². The molecule has 2 aromatic carbocycles. The van der Waals surface area contributed by atoms with E-state index in [0.29, 0.717) is 5.56 Å². The molecular formula is C34H27NO9. The van der Waals surface area contributed by atoms with E-state index in [4.69, 9.17) is 18.9 Å². The van der Waals surface area contributed by atoms with Crippen LogP contribution in [0.4, 0.5) is 5.69 Å². The molecule has 1 saturated heterocycles. The van der Waals surface area contributed by atoms with Gasteiger partial charge in [0.15, 0.2) is 22.8 Å². The highest BCUT2D eigenvalue weighted by atomic mass is 16.7. The summed E-state index contributed by atoms with van der Waals surface area (Å²) in [5.74, 6) is 9.28. The molecule has 10 nitrogen and oxygen atoms in total. The van der Waals surface area contributed by atoms with E-state index in [0.717, 1.165) is 0 Å². The summed E-state index contributed by atoms with van der Waals surface area (Å²) in [5, 5.41) is 3.35. The number of rotatable bonds is 5. The molecule has 2 aliphatic heterocycles. The number of carbonyl (C=O) groups excluding carboxylic acids is 5. The van der Waals surface area contributed by atoms with Crippen molar-refractivity contribution in [3.05, 3.63) is 70.3 Å². The second kappa shape index (κ2) is 9.94. The predicted octanol–water partition coefficient (Wildman–Crippen LogP) is 3.24. The molecule has 44 heavy (non-hydrogen) atoms. The van der Waals surface area contributed by atoms with Gasteiger partial charge in [-0.05, 0) is 32.1 Å². The van der Waals surface area contributed by atoms with Crippen molar-refractivity contribution in [2.24, 2.45) is 5.41 Å². The Morgan fingerprint density at radius 3 is 2.27 bits per heavy atom. The molecular weight excluding hydrogens is 566 g/mol. The van der Waals surface area contributed by atoms with Gasteiger partial charge in [-0.3, -0.25) is 24.0 Å². The Hall–Kier alpha value is -5.19. The average Bonchev–Trinajstić information content (AvgIpc) is 3.66. The fourth-order valence-corrected chi connectivity index (χ4v) is 6.66. The number of nitrogens with one attached hydrogen (secondary N) is 1. The smallest absolute Gasteiger partial charge is 0.308 e. The first kappa shape index (κ1) is 28.9. The van der Waals surface area contributed by atoms with Gasteiger partial charge in [0.25, 0.3) is 0 Å². The van der Waals surface area contributed by atoms with Gasteiger partial charge in [0.2, 0.25) is 0 Å². The molecule has 5 atom stereocenters. The molecule has 4 aliphatic rings. The summed E-state index contributed by atoms with van der Waals surface area (Å²) in [6.45, 7) is 6.81. The monoisotopic (exact) mass is 593 g/mol.